The molecule has 9 heteroatoms. The first kappa shape index (κ1) is 21.6. The molecule has 0 unspecified atom stereocenters. The summed E-state index contributed by atoms with van der Waals surface area (Å²) in [5.74, 6) is -0.193. The number of nitrogens with zero attached hydrogens (tertiary/aromatic N) is 2. The molecule has 160 valence electrons. The minimum absolute atomic E-state index is 0.0874. The second-order valence-corrected chi connectivity index (χ2v) is 9.52. The number of hydrogen-bond acceptors (Lipinski definition) is 5. The summed E-state index contributed by atoms with van der Waals surface area (Å²) in [5.41, 5.74) is 0.448. The Hall–Kier alpha value is -2.13. The van der Waals surface area contributed by atoms with E-state index in [1.165, 1.54) is 35.7 Å². The van der Waals surface area contributed by atoms with Gasteiger partial charge in [0.05, 0.1) is 17.9 Å². The molecule has 2 aliphatic rings. The Balaban J connectivity index is 1.68. The van der Waals surface area contributed by atoms with E-state index in [1.807, 2.05) is 4.90 Å². The first-order chi connectivity index (χ1) is 13.9. The fraction of sp³-hybridized carbons (Fsp3) is 0.600. The molecule has 8 nitrogen and oxygen atoms in total. The average molecular weight is 424 g/mol. The molecule has 3 rings (SSSR count). The molecule has 0 radical (unpaired) electrons. The summed E-state index contributed by atoms with van der Waals surface area (Å²) >= 11 is 0. The minimum atomic E-state index is -3.70. The van der Waals surface area contributed by atoms with E-state index in [0.717, 1.165) is 45.2 Å². The molecular weight excluding hydrogens is 394 g/mol. The summed E-state index contributed by atoms with van der Waals surface area (Å²) in [4.78, 5) is 26.3. The predicted octanol–water partition coefficient (Wildman–Crippen LogP) is 2.67. The van der Waals surface area contributed by atoms with Crippen molar-refractivity contribution in [2.75, 3.05) is 38.6 Å². The van der Waals surface area contributed by atoms with Gasteiger partial charge in [0, 0.05) is 31.9 Å². The fourth-order valence-electron chi connectivity index (χ4n) is 3.94. The highest BCUT2D eigenvalue weighted by atomic mass is 32.2. The Morgan fingerprint density at radius 2 is 1.66 bits per heavy atom. The molecule has 0 aromatic heterocycles. The van der Waals surface area contributed by atoms with Crippen molar-refractivity contribution in [1.82, 2.24) is 9.21 Å². The summed E-state index contributed by atoms with van der Waals surface area (Å²) in [6.07, 6.45) is 5.12. The van der Waals surface area contributed by atoms with Gasteiger partial charge in [-0.05, 0) is 49.9 Å². The molecular formula is C20H29N3O5S. The highest BCUT2D eigenvalue weighted by Crippen LogP contribution is 2.26. The van der Waals surface area contributed by atoms with Gasteiger partial charge in [0.2, 0.25) is 15.9 Å². The second-order valence-electron chi connectivity index (χ2n) is 7.58. The van der Waals surface area contributed by atoms with Crippen LogP contribution in [0, 0.1) is 5.92 Å². The fourth-order valence-corrected chi connectivity index (χ4v) is 5.46. The van der Waals surface area contributed by atoms with Gasteiger partial charge in [-0.2, -0.15) is 4.31 Å². The van der Waals surface area contributed by atoms with Crippen molar-refractivity contribution in [3.63, 3.8) is 0 Å². The summed E-state index contributed by atoms with van der Waals surface area (Å²) in [6, 6.07) is 5.96. The van der Waals surface area contributed by atoms with E-state index in [2.05, 4.69) is 10.1 Å². The van der Waals surface area contributed by atoms with Gasteiger partial charge in [-0.1, -0.05) is 12.8 Å². The van der Waals surface area contributed by atoms with E-state index >= 15 is 0 Å². The van der Waals surface area contributed by atoms with E-state index in [4.69, 9.17) is 0 Å². The van der Waals surface area contributed by atoms with E-state index in [-0.39, 0.29) is 23.3 Å². The number of ether oxygens (including phenoxy) is 1. The lowest BCUT2D eigenvalue weighted by molar-refractivity contribution is -0.136. The Morgan fingerprint density at radius 1 is 1.00 bits per heavy atom. The number of piperidine rings is 1. The zero-order valence-corrected chi connectivity index (χ0v) is 17.6. The number of amides is 2. The van der Waals surface area contributed by atoms with Gasteiger partial charge in [0.1, 0.15) is 0 Å². The van der Waals surface area contributed by atoms with E-state index in [1.54, 1.807) is 0 Å². The van der Waals surface area contributed by atoms with Crippen LogP contribution >= 0.6 is 0 Å². The monoisotopic (exact) mass is 423 g/mol. The summed E-state index contributed by atoms with van der Waals surface area (Å²) in [6.45, 7) is 2.18. The first-order valence-electron chi connectivity index (χ1n) is 10.2. The molecule has 2 heterocycles. The lowest BCUT2D eigenvalue weighted by atomic mass is 9.98. The molecule has 2 fully saturated rings. The standard InChI is InChI=1S/C20H29N3O5S/c1-28-20(25)21-17-8-10-18(11-9-17)29(26,27)23-14-6-7-16(15-23)19(24)22-12-4-2-3-5-13-22/h8-11,16H,2-7,12-15H2,1H3,(H,21,25)/t16-/m1/s1. The maximum atomic E-state index is 13.1. The van der Waals surface area contributed by atoms with Crippen molar-refractivity contribution in [2.45, 2.75) is 43.4 Å². The van der Waals surface area contributed by atoms with Crippen LogP contribution in [0.15, 0.2) is 29.2 Å². The molecule has 2 aliphatic heterocycles. The van der Waals surface area contributed by atoms with Crippen LogP contribution in [0.1, 0.15) is 38.5 Å². The van der Waals surface area contributed by atoms with Crippen LogP contribution in [0.25, 0.3) is 0 Å². The Labute approximate surface area is 172 Å². The van der Waals surface area contributed by atoms with E-state index in [9.17, 15) is 18.0 Å². The van der Waals surface area contributed by atoms with Gasteiger partial charge >= 0.3 is 6.09 Å². The average Bonchev–Trinajstić information content (AvgIpc) is 3.03. The SMILES string of the molecule is COC(=O)Nc1ccc(S(=O)(=O)N2CCC[C@@H](C(=O)N3CCCCCC3)C2)cc1. The molecule has 29 heavy (non-hydrogen) atoms. The van der Waals surface area contributed by atoms with Crippen molar-refractivity contribution < 1.29 is 22.7 Å². The maximum absolute atomic E-state index is 13.1. The van der Waals surface area contributed by atoms with Crippen LogP contribution in [0.5, 0.6) is 0 Å². The molecule has 1 aromatic carbocycles. The van der Waals surface area contributed by atoms with Crippen molar-refractivity contribution >= 4 is 27.7 Å². The molecule has 2 amide bonds. The van der Waals surface area contributed by atoms with Crippen molar-refractivity contribution in [3.8, 4) is 0 Å². The normalized spacial score (nSPS) is 21.3. The molecule has 2 saturated heterocycles. The summed E-state index contributed by atoms with van der Waals surface area (Å²) < 4.78 is 32.1. The van der Waals surface area contributed by atoms with Crippen LogP contribution in [-0.4, -0.2) is 62.9 Å². The lowest BCUT2D eigenvalue weighted by Crippen LogP contribution is -2.46. The zero-order valence-electron chi connectivity index (χ0n) is 16.8. The number of rotatable bonds is 4. The van der Waals surface area contributed by atoms with Crippen LogP contribution in [0.2, 0.25) is 0 Å². The van der Waals surface area contributed by atoms with Gasteiger partial charge in [-0.25, -0.2) is 13.2 Å². The van der Waals surface area contributed by atoms with Crippen LogP contribution in [0.3, 0.4) is 0 Å². The highest BCUT2D eigenvalue weighted by molar-refractivity contribution is 7.89. The Bertz CT molecular complexity index is 817. The molecule has 0 spiro atoms. The lowest BCUT2D eigenvalue weighted by Gasteiger charge is -2.34. The van der Waals surface area contributed by atoms with Crippen LogP contribution < -0.4 is 5.32 Å². The quantitative estimate of drug-likeness (QED) is 0.803. The van der Waals surface area contributed by atoms with E-state index < -0.39 is 16.1 Å². The highest BCUT2D eigenvalue weighted by Gasteiger charge is 2.35. The Kier molecular flexibility index (Phi) is 7.13. The molecule has 0 bridgehead atoms. The number of hydrogen-bond donors (Lipinski definition) is 1. The topological polar surface area (TPSA) is 96.0 Å². The Morgan fingerprint density at radius 3 is 2.28 bits per heavy atom. The first-order valence-corrected chi connectivity index (χ1v) is 11.6. The number of benzene rings is 1. The van der Waals surface area contributed by atoms with Gasteiger partial charge in [-0.3, -0.25) is 10.1 Å². The van der Waals surface area contributed by atoms with Crippen molar-refractivity contribution in [3.05, 3.63) is 24.3 Å². The van der Waals surface area contributed by atoms with Crippen molar-refractivity contribution in [1.29, 1.82) is 0 Å². The second kappa shape index (κ2) is 9.58. The van der Waals surface area contributed by atoms with Crippen LogP contribution in [0.4, 0.5) is 10.5 Å². The maximum Gasteiger partial charge on any atom is 0.411 e. The number of likely N-dealkylation sites (tertiary alicyclic amines) is 1. The van der Waals surface area contributed by atoms with Gasteiger partial charge in [0.25, 0.3) is 0 Å². The van der Waals surface area contributed by atoms with Gasteiger partial charge < -0.3 is 9.64 Å². The molecule has 1 atom stereocenters. The smallest absolute Gasteiger partial charge is 0.411 e. The number of sulfonamides is 1. The zero-order chi connectivity index (χ0) is 20.9. The number of carbonyl (C=O) groups excluding carboxylic acids is 2. The predicted molar refractivity (Wildman–Crippen MR) is 109 cm³/mol. The molecule has 1 N–H and O–H groups in total. The number of nitrogens with one attached hydrogen (secondary N) is 1. The molecule has 1 aromatic rings. The van der Waals surface area contributed by atoms with Crippen molar-refractivity contribution in [2.24, 2.45) is 5.92 Å². The summed E-state index contributed by atoms with van der Waals surface area (Å²) in [7, 11) is -2.44. The van der Waals surface area contributed by atoms with Crippen LogP contribution in [-0.2, 0) is 19.6 Å². The summed E-state index contributed by atoms with van der Waals surface area (Å²) in [5, 5.41) is 2.49. The third kappa shape index (κ3) is 5.27. The van der Waals surface area contributed by atoms with E-state index in [0.29, 0.717) is 18.7 Å². The van der Waals surface area contributed by atoms with Gasteiger partial charge in [-0.15, -0.1) is 0 Å². The molecule has 0 saturated carbocycles. The third-order valence-corrected chi connectivity index (χ3v) is 7.45. The third-order valence-electron chi connectivity index (χ3n) is 5.57. The van der Waals surface area contributed by atoms with Gasteiger partial charge in [0.15, 0.2) is 0 Å². The molecule has 0 aliphatic carbocycles. The number of methoxy groups -OCH3 is 1. The minimum Gasteiger partial charge on any atom is -0.453 e. The number of anilines is 1. The number of carbonyl (C=O) groups is 2. The largest absolute Gasteiger partial charge is 0.453 e.